The first-order valence-corrected chi connectivity index (χ1v) is 4.50. The van der Waals surface area contributed by atoms with Crippen LogP contribution in [0.3, 0.4) is 0 Å². The third-order valence-electron chi connectivity index (χ3n) is 2.32. The minimum Gasteiger partial charge on any atom is -0.359 e. The fraction of sp³-hybridized carbons (Fsp3) is 0.889. The molecule has 3 heteroatoms. The van der Waals surface area contributed by atoms with Gasteiger partial charge in [-0.3, -0.25) is 0 Å². The van der Waals surface area contributed by atoms with Gasteiger partial charge in [0.1, 0.15) is 6.10 Å². The summed E-state index contributed by atoms with van der Waals surface area (Å²) < 4.78 is 5.53. The van der Waals surface area contributed by atoms with E-state index in [2.05, 4.69) is 18.3 Å². The zero-order valence-electron chi connectivity index (χ0n) is 7.71. The number of nitriles is 1. The molecule has 0 radical (unpaired) electrons. The molecule has 1 rings (SSSR count). The van der Waals surface area contributed by atoms with Crippen LogP contribution >= 0.6 is 0 Å². The number of piperidine rings is 1. The summed E-state index contributed by atoms with van der Waals surface area (Å²) >= 11 is 0. The monoisotopic (exact) mass is 168 g/mol. The number of ether oxygens (including phenoxy) is 1. The van der Waals surface area contributed by atoms with E-state index < -0.39 is 0 Å². The number of nitrogens with zero attached hydrogens (tertiary/aromatic N) is 1. The van der Waals surface area contributed by atoms with Gasteiger partial charge < -0.3 is 10.1 Å². The summed E-state index contributed by atoms with van der Waals surface area (Å²) in [7, 11) is 0. The van der Waals surface area contributed by atoms with Crippen molar-refractivity contribution in [1.29, 1.82) is 5.26 Å². The summed E-state index contributed by atoms with van der Waals surface area (Å²) in [4.78, 5) is 0. The normalized spacial score (nSPS) is 32.4. The third-order valence-corrected chi connectivity index (χ3v) is 2.32. The van der Waals surface area contributed by atoms with Gasteiger partial charge in [0.15, 0.2) is 0 Å². The Labute approximate surface area is 73.7 Å². The van der Waals surface area contributed by atoms with E-state index in [0.29, 0.717) is 5.92 Å². The van der Waals surface area contributed by atoms with Crippen LogP contribution in [0.25, 0.3) is 0 Å². The van der Waals surface area contributed by atoms with Gasteiger partial charge in [0.2, 0.25) is 0 Å². The summed E-state index contributed by atoms with van der Waals surface area (Å²) in [6.07, 6.45) is 1.08. The van der Waals surface area contributed by atoms with Crippen molar-refractivity contribution in [2.75, 3.05) is 13.1 Å². The predicted molar refractivity (Wildman–Crippen MR) is 46.6 cm³/mol. The molecule has 3 unspecified atom stereocenters. The van der Waals surface area contributed by atoms with Gasteiger partial charge in [-0.15, -0.1) is 0 Å². The van der Waals surface area contributed by atoms with Crippen molar-refractivity contribution >= 4 is 0 Å². The van der Waals surface area contributed by atoms with Gasteiger partial charge in [0.05, 0.1) is 12.2 Å². The first kappa shape index (κ1) is 9.50. The standard InChI is InChI=1S/C9H16N2O/c1-7-3-4-11-6-9(7)12-8(2)5-10/h7-9,11H,3-4,6H2,1-2H3. The molecule has 0 aliphatic carbocycles. The van der Waals surface area contributed by atoms with Crippen molar-refractivity contribution in [3.8, 4) is 6.07 Å². The fourth-order valence-corrected chi connectivity index (χ4v) is 1.44. The van der Waals surface area contributed by atoms with Crippen LogP contribution in [-0.4, -0.2) is 25.3 Å². The lowest BCUT2D eigenvalue weighted by atomic mass is 9.97. The van der Waals surface area contributed by atoms with Gasteiger partial charge in [-0.05, 0) is 25.8 Å². The Balaban J connectivity index is 2.35. The van der Waals surface area contributed by atoms with Crippen LogP contribution in [0.15, 0.2) is 0 Å². The highest BCUT2D eigenvalue weighted by Gasteiger charge is 2.23. The molecule has 1 saturated heterocycles. The molecule has 1 aliphatic heterocycles. The zero-order chi connectivity index (χ0) is 8.97. The smallest absolute Gasteiger partial charge is 0.141 e. The maximum absolute atomic E-state index is 8.56. The van der Waals surface area contributed by atoms with Gasteiger partial charge in [-0.2, -0.15) is 5.26 Å². The second-order valence-corrected chi connectivity index (χ2v) is 3.42. The Hall–Kier alpha value is -0.590. The van der Waals surface area contributed by atoms with Crippen LogP contribution in [0.5, 0.6) is 0 Å². The second-order valence-electron chi connectivity index (χ2n) is 3.42. The quantitative estimate of drug-likeness (QED) is 0.666. The maximum Gasteiger partial charge on any atom is 0.141 e. The Morgan fingerprint density at radius 3 is 3.00 bits per heavy atom. The van der Waals surface area contributed by atoms with Gasteiger partial charge in [-0.25, -0.2) is 0 Å². The number of hydrogen-bond acceptors (Lipinski definition) is 3. The Bertz CT molecular complexity index is 176. The molecule has 1 aliphatic rings. The predicted octanol–water partition coefficient (Wildman–Crippen LogP) is 0.913. The first-order valence-electron chi connectivity index (χ1n) is 4.50. The van der Waals surface area contributed by atoms with E-state index in [1.807, 2.05) is 0 Å². The molecule has 12 heavy (non-hydrogen) atoms. The highest BCUT2D eigenvalue weighted by Crippen LogP contribution is 2.15. The Morgan fingerprint density at radius 2 is 2.42 bits per heavy atom. The van der Waals surface area contributed by atoms with Crippen molar-refractivity contribution in [2.45, 2.75) is 32.5 Å². The summed E-state index contributed by atoms with van der Waals surface area (Å²) in [5.74, 6) is 0.571. The molecule has 0 aromatic heterocycles. The summed E-state index contributed by atoms with van der Waals surface area (Å²) in [5.41, 5.74) is 0. The van der Waals surface area contributed by atoms with Gasteiger partial charge in [-0.1, -0.05) is 6.92 Å². The fourth-order valence-electron chi connectivity index (χ4n) is 1.44. The van der Waals surface area contributed by atoms with E-state index in [-0.39, 0.29) is 12.2 Å². The lowest BCUT2D eigenvalue weighted by Gasteiger charge is -2.30. The summed E-state index contributed by atoms with van der Waals surface area (Å²) in [6, 6.07) is 2.08. The zero-order valence-corrected chi connectivity index (χ0v) is 7.71. The molecule has 1 heterocycles. The largest absolute Gasteiger partial charge is 0.359 e. The molecule has 1 N–H and O–H groups in total. The lowest BCUT2D eigenvalue weighted by Crippen LogP contribution is -2.42. The maximum atomic E-state index is 8.56. The molecular weight excluding hydrogens is 152 g/mol. The van der Waals surface area contributed by atoms with Crippen LogP contribution < -0.4 is 5.32 Å². The molecule has 0 aromatic carbocycles. The molecule has 0 amide bonds. The number of rotatable bonds is 2. The molecular formula is C9H16N2O. The van der Waals surface area contributed by atoms with Gasteiger partial charge in [0, 0.05) is 6.54 Å². The van der Waals surface area contributed by atoms with Gasteiger partial charge in [0.25, 0.3) is 0 Å². The SMILES string of the molecule is CC(C#N)OC1CNCCC1C. The molecule has 3 atom stereocenters. The van der Waals surface area contributed by atoms with E-state index in [9.17, 15) is 0 Å². The molecule has 3 nitrogen and oxygen atoms in total. The lowest BCUT2D eigenvalue weighted by molar-refractivity contribution is -0.0173. The van der Waals surface area contributed by atoms with Crippen molar-refractivity contribution in [3.05, 3.63) is 0 Å². The molecule has 0 saturated carbocycles. The summed E-state index contributed by atoms with van der Waals surface area (Å²) in [5, 5.41) is 11.8. The van der Waals surface area contributed by atoms with Crippen molar-refractivity contribution < 1.29 is 4.74 Å². The van der Waals surface area contributed by atoms with Crippen molar-refractivity contribution in [3.63, 3.8) is 0 Å². The van der Waals surface area contributed by atoms with E-state index in [0.717, 1.165) is 19.5 Å². The third kappa shape index (κ3) is 2.47. The van der Waals surface area contributed by atoms with E-state index >= 15 is 0 Å². The number of nitrogens with one attached hydrogen (secondary N) is 1. The molecule has 1 fully saturated rings. The highest BCUT2D eigenvalue weighted by molar-refractivity contribution is 4.84. The van der Waals surface area contributed by atoms with Crippen LogP contribution in [-0.2, 0) is 4.74 Å². The van der Waals surface area contributed by atoms with E-state index in [1.54, 1.807) is 6.92 Å². The highest BCUT2D eigenvalue weighted by atomic mass is 16.5. The van der Waals surface area contributed by atoms with Crippen molar-refractivity contribution in [1.82, 2.24) is 5.32 Å². The van der Waals surface area contributed by atoms with Crippen LogP contribution in [0, 0.1) is 17.2 Å². The average molecular weight is 168 g/mol. The molecule has 0 aromatic rings. The van der Waals surface area contributed by atoms with E-state index in [1.165, 1.54) is 0 Å². The van der Waals surface area contributed by atoms with Crippen LogP contribution in [0.2, 0.25) is 0 Å². The molecule has 0 spiro atoms. The van der Waals surface area contributed by atoms with Crippen LogP contribution in [0.4, 0.5) is 0 Å². The topological polar surface area (TPSA) is 45.0 Å². The second kappa shape index (κ2) is 4.44. The Kier molecular flexibility index (Phi) is 3.51. The minimum absolute atomic E-state index is 0.216. The average Bonchev–Trinajstić information content (AvgIpc) is 2.09. The van der Waals surface area contributed by atoms with Crippen molar-refractivity contribution in [2.24, 2.45) is 5.92 Å². The molecule has 0 bridgehead atoms. The molecule has 68 valence electrons. The summed E-state index contributed by atoms with van der Waals surface area (Å²) in [6.45, 7) is 5.92. The van der Waals surface area contributed by atoms with Crippen LogP contribution in [0.1, 0.15) is 20.3 Å². The minimum atomic E-state index is -0.280. The van der Waals surface area contributed by atoms with Gasteiger partial charge >= 0.3 is 0 Å². The van der Waals surface area contributed by atoms with E-state index in [4.69, 9.17) is 10.00 Å². The first-order chi connectivity index (χ1) is 5.74. The number of hydrogen-bond donors (Lipinski definition) is 1. The Morgan fingerprint density at radius 1 is 1.67 bits per heavy atom.